The maximum atomic E-state index is 11.5. The minimum absolute atomic E-state index is 0.0656. The first-order valence-corrected chi connectivity index (χ1v) is 6.29. The van der Waals surface area contributed by atoms with E-state index in [-0.39, 0.29) is 30.6 Å². The Hall–Kier alpha value is -2.31. The van der Waals surface area contributed by atoms with Gasteiger partial charge in [-0.3, -0.25) is 14.4 Å². The van der Waals surface area contributed by atoms with Gasteiger partial charge in [0.15, 0.2) is 5.76 Å². The lowest BCUT2D eigenvalue weighted by molar-refractivity contribution is -0.137. The molecule has 1 aromatic heterocycles. The highest BCUT2D eigenvalue weighted by Crippen LogP contribution is 2.03. The summed E-state index contributed by atoms with van der Waals surface area (Å²) in [5.41, 5.74) is 0. The second-order valence-corrected chi connectivity index (χ2v) is 4.50. The fraction of sp³-hybridized carbons (Fsp3) is 0.462. The van der Waals surface area contributed by atoms with Gasteiger partial charge >= 0.3 is 5.97 Å². The van der Waals surface area contributed by atoms with Crippen molar-refractivity contribution in [1.82, 2.24) is 10.6 Å². The number of carboxylic acids is 1. The molecule has 0 aliphatic heterocycles. The summed E-state index contributed by atoms with van der Waals surface area (Å²) in [5.74, 6) is -1.42. The second-order valence-electron chi connectivity index (χ2n) is 4.50. The first-order valence-electron chi connectivity index (χ1n) is 6.29. The molecule has 7 nitrogen and oxygen atoms in total. The van der Waals surface area contributed by atoms with Crippen molar-refractivity contribution in [3.05, 3.63) is 24.2 Å². The molecule has 0 bridgehead atoms. The molecule has 1 aromatic rings. The Morgan fingerprint density at radius 1 is 1.35 bits per heavy atom. The molecule has 1 atom stereocenters. The molecular formula is C13H18N2O5. The Morgan fingerprint density at radius 3 is 2.70 bits per heavy atom. The number of carboxylic acid groups (broad SMARTS) is 1. The van der Waals surface area contributed by atoms with Crippen LogP contribution in [0.15, 0.2) is 22.8 Å². The lowest BCUT2D eigenvalue weighted by Gasteiger charge is -2.11. The number of rotatable bonds is 8. The Bertz CT molecular complexity index is 455. The van der Waals surface area contributed by atoms with E-state index in [0.29, 0.717) is 13.0 Å². The smallest absolute Gasteiger partial charge is 0.303 e. The van der Waals surface area contributed by atoms with Crippen LogP contribution in [0, 0.1) is 5.92 Å². The van der Waals surface area contributed by atoms with Crippen LogP contribution in [0.1, 0.15) is 30.3 Å². The average Bonchev–Trinajstić information content (AvgIpc) is 2.94. The van der Waals surface area contributed by atoms with E-state index in [4.69, 9.17) is 9.52 Å². The van der Waals surface area contributed by atoms with Gasteiger partial charge in [-0.25, -0.2) is 0 Å². The second kappa shape index (κ2) is 7.98. The van der Waals surface area contributed by atoms with Crippen LogP contribution in [0.5, 0.6) is 0 Å². The van der Waals surface area contributed by atoms with E-state index in [9.17, 15) is 14.4 Å². The molecule has 0 aliphatic rings. The summed E-state index contributed by atoms with van der Waals surface area (Å²) in [5, 5.41) is 13.6. The van der Waals surface area contributed by atoms with E-state index in [1.54, 1.807) is 6.07 Å². The van der Waals surface area contributed by atoms with Crippen molar-refractivity contribution in [3.8, 4) is 0 Å². The maximum absolute atomic E-state index is 11.5. The van der Waals surface area contributed by atoms with Gasteiger partial charge in [0.25, 0.3) is 5.91 Å². The molecule has 0 spiro atoms. The molecule has 20 heavy (non-hydrogen) atoms. The SMILES string of the molecule is CC(CCC(=O)O)CNC(=O)CNC(=O)c1ccco1. The molecule has 7 heteroatoms. The molecule has 2 amide bonds. The Kier molecular flexibility index (Phi) is 6.28. The van der Waals surface area contributed by atoms with Gasteiger partial charge in [0.2, 0.25) is 5.91 Å². The molecule has 0 fully saturated rings. The van der Waals surface area contributed by atoms with Gasteiger partial charge in [-0.05, 0) is 24.5 Å². The summed E-state index contributed by atoms with van der Waals surface area (Å²) in [6.07, 6.45) is 1.94. The van der Waals surface area contributed by atoms with Crippen molar-refractivity contribution >= 4 is 17.8 Å². The number of aliphatic carboxylic acids is 1. The molecule has 1 heterocycles. The summed E-state index contributed by atoms with van der Waals surface area (Å²) in [7, 11) is 0. The lowest BCUT2D eigenvalue weighted by atomic mass is 10.1. The van der Waals surface area contributed by atoms with Crippen LogP contribution in [0.3, 0.4) is 0 Å². The highest BCUT2D eigenvalue weighted by molar-refractivity contribution is 5.94. The van der Waals surface area contributed by atoms with Crippen LogP contribution in [0.2, 0.25) is 0 Å². The third-order valence-corrected chi connectivity index (χ3v) is 2.65. The number of nitrogens with one attached hydrogen (secondary N) is 2. The number of hydrogen-bond acceptors (Lipinski definition) is 4. The van der Waals surface area contributed by atoms with Crippen molar-refractivity contribution in [2.75, 3.05) is 13.1 Å². The van der Waals surface area contributed by atoms with E-state index in [1.165, 1.54) is 12.3 Å². The summed E-state index contributed by atoms with van der Waals surface area (Å²) in [6.45, 7) is 2.08. The van der Waals surface area contributed by atoms with E-state index in [0.717, 1.165) is 0 Å². The predicted molar refractivity (Wildman–Crippen MR) is 70.1 cm³/mol. The molecule has 0 aromatic carbocycles. The summed E-state index contributed by atoms with van der Waals surface area (Å²) in [4.78, 5) is 33.4. The molecule has 1 unspecified atom stereocenters. The van der Waals surface area contributed by atoms with Gasteiger partial charge in [0, 0.05) is 13.0 Å². The Morgan fingerprint density at radius 2 is 2.10 bits per heavy atom. The van der Waals surface area contributed by atoms with Crippen LogP contribution >= 0.6 is 0 Å². The van der Waals surface area contributed by atoms with Gasteiger partial charge < -0.3 is 20.2 Å². The minimum atomic E-state index is -0.853. The molecule has 0 aliphatic carbocycles. The van der Waals surface area contributed by atoms with E-state index in [2.05, 4.69) is 10.6 Å². The summed E-state index contributed by atoms with van der Waals surface area (Å²) < 4.78 is 4.88. The van der Waals surface area contributed by atoms with Gasteiger partial charge in [-0.1, -0.05) is 6.92 Å². The molecule has 0 radical (unpaired) electrons. The molecule has 3 N–H and O–H groups in total. The number of furan rings is 1. The molecule has 0 saturated heterocycles. The standard InChI is InChI=1S/C13H18N2O5/c1-9(4-5-12(17)18)7-14-11(16)8-15-13(19)10-3-2-6-20-10/h2-3,6,9H,4-5,7-8H2,1H3,(H,14,16)(H,15,19)(H,17,18). The lowest BCUT2D eigenvalue weighted by Crippen LogP contribution is -2.38. The fourth-order valence-corrected chi connectivity index (χ4v) is 1.48. The van der Waals surface area contributed by atoms with E-state index in [1.807, 2.05) is 6.92 Å². The Labute approximate surface area is 116 Å². The Balaban J connectivity index is 2.17. The van der Waals surface area contributed by atoms with E-state index < -0.39 is 11.9 Å². The van der Waals surface area contributed by atoms with Crippen molar-refractivity contribution in [2.45, 2.75) is 19.8 Å². The minimum Gasteiger partial charge on any atom is -0.481 e. The van der Waals surface area contributed by atoms with Crippen LogP contribution in [0.25, 0.3) is 0 Å². The zero-order valence-electron chi connectivity index (χ0n) is 11.2. The zero-order valence-corrected chi connectivity index (χ0v) is 11.2. The average molecular weight is 282 g/mol. The van der Waals surface area contributed by atoms with Crippen molar-refractivity contribution in [1.29, 1.82) is 0 Å². The largest absolute Gasteiger partial charge is 0.481 e. The number of hydrogen-bond donors (Lipinski definition) is 3. The number of amides is 2. The van der Waals surface area contributed by atoms with Gasteiger partial charge in [0.05, 0.1) is 12.8 Å². The number of carbonyl (C=O) groups is 3. The van der Waals surface area contributed by atoms with Crippen molar-refractivity contribution in [3.63, 3.8) is 0 Å². The topological polar surface area (TPSA) is 109 Å². The molecule has 1 rings (SSSR count). The van der Waals surface area contributed by atoms with Crippen LogP contribution < -0.4 is 10.6 Å². The highest BCUT2D eigenvalue weighted by Gasteiger charge is 2.11. The molecular weight excluding hydrogens is 264 g/mol. The van der Waals surface area contributed by atoms with Gasteiger partial charge in [0.1, 0.15) is 0 Å². The fourth-order valence-electron chi connectivity index (χ4n) is 1.48. The molecule has 110 valence electrons. The number of carbonyl (C=O) groups excluding carboxylic acids is 2. The maximum Gasteiger partial charge on any atom is 0.303 e. The predicted octanol–water partition coefficient (Wildman–Crippen LogP) is 0.627. The highest BCUT2D eigenvalue weighted by atomic mass is 16.4. The van der Waals surface area contributed by atoms with Crippen LogP contribution in [0.4, 0.5) is 0 Å². The zero-order chi connectivity index (χ0) is 15.0. The van der Waals surface area contributed by atoms with Gasteiger partial charge in [-0.15, -0.1) is 0 Å². The first kappa shape index (κ1) is 15.7. The summed E-state index contributed by atoms with van der Waals surface area (Å²) in [6, 6.07) is 3.08. The third kappa shape index (κ3) is 6.03. The molecule has 0 saturated carbocycles. The van der Waals surface area contributed by atoms with Crippen molar-refractivity contribution in [2.24, 2.45) is 5.92 Å². The van der Waals surface area contributed by atoms with Crippen LogP contribution in [-0.2, 0) is 9.59 Å². The monoisotopic (exact) mass is 282 g/mol. The van der Waals surface area contributed by atoms with E-state index >= 15 is 0 Å². The van der Waals surface area contributed by atoms with Gasteiger partial charge in [-0.2, -0.15) is 0 Å². The first-order chi connectivity index (χ1) is 9.49. The third-order valence-electron chi connectivity index (χ3n) is 2.65. The van der Waals surface area contributed by atoms with Crippen LogP contribution in [-0.4, -0.2) is 36.0 Å². The summed E-state index contributed by atoms with van der Waals surface area (Å²) >= 11 is 0. The van der Waals surface area contributed by atoms with Crippen molar-refractivity contribution < 1.29 is 23.9 Å². The quantitative estimate of drug-likeness (QED) is 0.648. The normalized spacial score (nSPS) is 11.7.